The molecule has 0 aromatic heterocycles. The molecule has 0 saturated heterocycles. The summed E-state index contributed by atoms with van der Waals surface area (Å²) in [6.07, 6.45) is 7.74. The van der Waals surface area contributed by atoms with E-state index in [-0.39, 0.29) is 17.5 Å². The number of carbonyl (C=O) groups is 1. The van der Waals surface area contributed by atoms with Gasteiger partial charge in [-0.25, -0.2) is 4.39 Å². The zero-order valence-electron chi connectivity index (χ0n) is 13.3. The summed E-state index contributed by atoms with van der Waals surface area (Å²) < 4.78 is 12.8. The smallest absolute Gasteiger partial charge is 0.160 e. The molecule has 0 fully saturated rings. The molecule has 0 aliphatic carbocycles. The van der Waals surface area contributed by atoms with Crippen LogP contribution < -0.4 is 0 Å². The second-order valence-electron chi connectivity index (χ2n) is 5.74. The van der Waals surface area contributed by atoms with Gasteiger partial charge >= 0.3 is 0 Å². The van der Waals surface area contributed by atoms with Gasteiger partial charge in [0.2, 0.25) is 0 Å². The van der Waals surface area contributed by atoms with Crippen LogP contribution >= 0.6 is 0 Å². The second-order valence-corrected chi connectivity index (χ2v) is 5.74. The molecule has 1 aromatic rings. The highest BCUT2D eigenvalue weighted by molar-refractivity contribution is 5.95. The molecule has 0 aliphatic rings. The highest BCUT2D eigenvalue weighted by Gasteiger charge is 2.16. The molecular formula is C18H26FNO. The van der Waals surface area contributed by atoms with Crippen molar-refractivity contribution >= 4 is 11.9 Å². The van der Waals surface area contributed by atoms with Crippen LogP contribution in [0.1, 0.15) is 38.2 Å². The van der Waals surface area contributed by atoms with Crippen LogP contribution in [0.15, 0.2) is 30.3 Å². The molecule has 21 heavy (non-hydrogen) atoms. The van der Waals surface area contributed by atoms with Crippen LogP contribution in [0, 0.1) is 11.7 Å². The Bertz CT molecular complexity index is 451. The molecule has 1 aromatic carbocycles. The number of hydrogen-bond acceptors (Lipinski definition) is 2. The van der Waals surface area contributed by atoms with Gasteiger partial charge in [-0.1, -0.05) is 44.4 Å². The van der Waals surface area contributed by atoms with Crippen LogP contribution in [-0.4, -0.2) is 31.3 Å². The molecule has 0 amide bonds. The van der Waals surface area contributed by atoms with Gasteiger partial charge in [0, 0.05) is 12.5 Å². The predicted molar refractivity (Wildman–Crippen MR) is 86.6 cm³/mol. The summed E-state index contributed by atoms with van der Waals surface area (Å²) in [7, 11) is 3.98. The molecule has 0 aliphatic heterocycles. The largest absolute Gasteiger partial charge is 0.309 e. The van der Waals surface area contributed by atoms with E-state index in [0.29, 0.717) is 0 Å². The first-order valence-electron chi connectivity index (χ1n) is 7.65. The second kappa shape index (κ2) is 9.46. The average Bonchev–Trinajstić information content (AvgIpc) is 2.45. The van der Waals surface area contributed by atoms with E-state index in [4.69, 9.17) is 0 Å². The standard InChI is InChI=1S/C18H26FNO/c1-4-5-6-7-16(14-20(2)3)18(21)13-10-15-8-11-17(19)12-9-15/h8-13,16H,4-7,14H2,1-3H3/b13-10-/t16-/m1/s1. The fourth-order valence-corrected chi connectivity index (χ4v) is 2.29. The summed E-state index contributed by atoms with van der Waals surface area (Å²) in [5.74, 6) is -0.0593. The Morgan fingerprint density at radius 2 is 1.90 bits per heavy atom. The molecular weight excluding hydrogens is 265 g/mol. The maximum absolute atomic E-state index is 12.8. The van der Waals surface area contributed by atoms with Gasteiger partial charge in [-0.3, -0.25) is 4.79 Å². The van der Waals surface area contributed by atoms with Gasteiger partial charge in [0.25, 0.3) is 0 Å². The van der Waals surface area contributed by atoms with E-state index in [1.165, 1.54) is 18.6 Å². The number of ketones is 1. The number of rotatable bonds is 9. The lowest BCUT2D eigenvalue weighted by Crippen LogP contribution is -2.27. The Balaban J connectivity index is 2.63. The first-order valence-corrected chi connectivity index (χ1v) is 7.65. The molecule has 2 nitrogen and oxygen atoms in total. The minimum atomic E-state index is -0.261. The fourth-order valence-electron chi connectivity index (χ4n) is 2.29. The van der Waals surface area contributed by atoms with Crippen molar-refractivity contribution in [2.45, 2.75) is 32.6 Å². The summed E-state index contributed by atoms with van der Waals surface area (Å²) in [6.45, 7) is 2.94. The highest BCUT2D eigenvalue weighted by atomic mass is 19.1. The first-order chi connectivity index (χ1) is 10.0. The van der Waals surface area contributed by atoms with Gasteiger partial charge in [0.15, 0.2) is 5.78 Å². The summed E-state index contributed by atoms with van der Waals surface area (Å²) in [5.41, 5.74) is 0.849. The SMILES string of the molecule is CCCCC[C@H](CN(C)C)C(=O)/C=C\c1ccc(F)cc1. The van der Waals surface area contributed by atoms with E-state index in [0.717, 1.165) is 31.4 Å². The highest BCUT2D eigenvalue weighted by Crippen LogP contribution is 2.14. The third kappa shape index (κ3) is 7.19. The van der Waals surface area contributed by atoms with Crippen LogP contribution in [0.4, 0.5) is 4.39 Å². The lowest BCUT2D eigenvalue weighted by atomic mass is 9.95. The molecule has 1 rings (SSSR count). The monoisotopic (exact) mass is 291 g/mol. The summed E-state index contributed by atoms with van der Waals surface area (Å²) in [4.78, 5) is 14.4. The Morgan fingerprint density at radius 1 is 1.24 bits per heavy atom. The Labute approximate surface area is 127 Å². The van der Waals surface area contributed by atoms with Crippen molar-refractivity contribution in [3.63, 3.8) is 0 Å². The van der Waals surface area contributed by atoms with Crippen LogP contribution in [0.5, 0.6) is 0 Å². The molecule has 0 saturated carbocycles. The van der Waals surface area contributed by atoms with Gasteiger partial charge in [-0.2, -0.15) is 0 Å². The number of nitrogens with zero attached hydrogens (tertiary/aromatic N) is 1. The summed E-state index contributed by atoms with van der Waals surface area (Å²) in [5, 5.41) is 0. The minimum absolute atomic E-state index is 0.0447. The predicted octanol–water partition coefficient (Wildman–Crippen LogP) is 4.17. The Morgan fingerprint density at radius 3 is 2.48 bits per heavy atom. The summed E-state index contributed by atoms with van der Waals surface area (Å²) in [6, 6.07) is 6.17. The Kier molecular flexibility index (Phi) is 7.91. The zero-order valence-corrected chi connectivity index (χ0v) is 13.3. The number of allylic oxidation sites excluding steroid dienone is 1. The van der Waals surface area contributed by atoms with E-state index >= 15 is 0 Å². The fraction of sp³-hybridized carbons (Fsp3) is 0.500. The average molecular weight is 291 g/mol. The number of benzene rings is 1. The maximum atomic E-state index is 12.8. The third-order valence-electron chi connectivity index (χ3n) is 3.45. The van der Waals surface area contributed by atoms with Crippen molar-refractivity contribution < 1.29 is 9.18 Å². The van der Waals surface area contributed by atoms with Gasteiger partial charge in [-0.05, 0) is 44.3 Å². The van der Waals surface area contributed by atoms with Crippen LogP contribution in [0.25, 0.3) is 6.08 Å². The van der Waals surface area contributed by atoms with Gasteiger partial charge in [0.1, 0.15) is 5.82 Å². The lowest BCUT2D eigenvalue weighted by Gasteiger charge is -2.18. The van der Waals surface area contributed by atoms with Gasteiger partial charge in [-0.15, -0.1) is 0 Å². The maximum Gasteiger partial charge on any atom is 0.160 e. The molecule has 0 spiro atoms. The lowest BCUT2D eigenvalue weighted by molar-refractivity contribution is -0.118. The molecule has 116 valence electrons. The Hall–Kier alpha value is -1.48. The number of carbonyl (C=O) groups excluding carboxylic acids is 1. The van der Waals surface area contributed by atoms with Crippen molar-refractivity contribution in [1.82, 2.24) is 4.90 Å². The van der Waals surface area contributed by atoms with Crippen molar-refractivity contribution in [2.75, 3.05) is 20.6 Å². The van der Waals surface area contributed by atoms with E-state index in [1.807, 2.05) is 14.1 Å². The quantitative estimate of drug-likeness (QED) is 0.503. The molecule has 3 heteroatoms. The first kappa shape index (κ1) is 17.6. The topological polar surface area (TPSA) is 20.3 Å². The molecule has 1 atom stereocenters. The van der Waals surface area contributed by atoms with Crippen molar-refractivity contribution in [2.24, 2.45) is 5.92 Å². The van der Waals surface area contributed by atoms with Crippen molar-refractivity contribution in [3.05, 3.63) is 41.7 Å². The minimum Gasteiger partial charge on any atom is -0.309 e. The van der Waals surface area contributed by atoms with Crippen LogP contribution in [0.2, 0.25) is 0 Å². The van der Waals surface area contributed by atoms with E-state index in [2.05, 4.69) is 11.8 Å². The van der Waals surface area contributed by atoms with Gasteiger partial charge in [0.05, 0.1) is 0 Å². The van der Waals surface area contributed by atoms with Crippen molar-refractivity contribution in [1.29, 1.82) is 0 Å². The molecule has 0 bridgehead atoms. The third-order valence-corrected chi connectivity index (χ3v) is 3.45. The number of unbranched alkanes of at least 4 members (excludes halogenated alkanes) is 2. The zero-order chi connectivity index (χ0) is 15.7. The van der Waals surface area contributed by atoms with E-state index < -0.39 is 0 Å². The molecule has 0 heterocycles. The van der Waals surface area contributed by atoms with Crippen LogP contribution in [-0.2, 0) is 4.79 Å². The molecule has 0 radical (unpaired) electrons. The number of halogens is 1. The summed E-state index contributed by atoms with van der Waals surface area (Å²) >= 11 is 0. The van der Waals surface area contributed by atoms with Crippen LogP contribution in [0.3, 0.4) is 0 Å². The van der Waals surface area contributed by atoms with E-state index in [9.17, 15) is 9.18 Å². The van der Waals surface area contributed by atoms with Gasteiger partial charge < -0.3 is 4.90 Å². The number of hydrogen-bond donors (Lipinski definition) is 0. The normalized spacial score (nSPS) is 13.0. The van der Waals surface area contributed by atoms with Crippen molar-refractivity contribution in [3.8, 4) is 0 Å². The molecule has 0 N–H and O–H groups in total. The van der Waals surface area contributed by atoms with E-state index in [1.54, 1.807) is 24.3 Å². The molecule has 0 unspecified atom stereocenters.